The highest BCUT2D eigenvalue weighted by molar-refractivity contribution is 7.91. The maximum atomic E-state index is 11.5. The molecule has 0 aliphatic carbocycles. The number of nitrogens with one attached hydrogen (secondary N) is 1. The molecule has 5 heteroatoms. The van der Waals surface area contributed by atoms with Crippen molar-refractivity contribution in [2.24, 2.45) is 0 Å². The molecule has 0 bridgehead atoms. The molecule has 4 nitrogen and oxygen atoms in total. The molecule has 1 heterocycles. The highest BCUT2D eigenvalue weighted by atomic mass is 32.2. The number of rotatable bonds is 7. The first-order chi connectivity index (χ1) is 7.57. The Morgan fingerprint density at radius 2 is 2.12 bits per heavy atom. The molecule has 92 valence electrons. The van der Waals surface area contributed by atoms with Gasteiger partial charge in [-0.05, 0) is 25.1 Å². The zero-order valence-electron chi connectivity index (χ0n) is 9.94. The summed E-state index contributed by atoms with van der Waals surface area (Å²) in [5.74, 6) is 0.520. The summed E-state index contributed by atoms with van der Waals surface area (Å²) < 4.78 is 25.0. The van der Waals surface area contributed by atoms with E-state index in [1.54, 1.807) is 0 Å². The third kappa shape index (κ3) is 4.37. The van der Waals surface area contributed by atoms with E-state index in [2.05, 4.69) is 5.32 Å². The fourth-order valence-electron chi connectivity index (χ4n) is 1.60. The van der Waals surface area contributed by atoms with Gasteiger partial charge in [-0.2, -0.15) is 0 Å². The molecule has 0 saturated carbocycles. The Balaban J connectivity index is 2.48. The molecule has 0 spiro atoms. The minimum absolute atomic E-state index is 0.231. The number of aryl methyl sites for hydroxylation is 1. The molecule has 0 atom stereocenters. The second-order valence-corrected chi connectivity index (χ2v) is 6.24. The molecular weight excluding hydrogens is 224 g/mol. The van der Waals surface area contributed by atoms with Crippen molar-refractivity contribution in [1.29, 1.82) is 0 Å². The molecule has 0 aliphatic rings. The lowest BCUT2D eigenvalue weighted by Crippen LogP contribution is -2.15. The van der Waals surface area contributed by atoms with Gasteiger partial charge in [-0.1, -0.05) is 6.92 Å². The topological polar surface area (TPSA) is 51.1 Å². The van der Waals surface area contributed by atoms with Crippen LogP contribution in [0, 0.1) is 0 Å². The molecule has 0 saturated heterocycles. The Labute approximate surface area is 97.6 Å². The van der Waals surface area contributed by atoms with Gasteiger partial charge in [-0.15, -0.1) is 0 Å². The maximum Gasteiger partial charge on any atom is 0.152 e. The molecule has 1 aromatic rings. The molecule has 0 amide bonds. The SMILES string of the molecule is CCCS(=O)(=O)CCn1ccc(CNC)c1. The average molecular weight is 244 g/mol. The van der Waals surface area contributed by atoms with E-state index in [9.17, 15) is 8.42 Å². The van der Waals surface area contributed by atoms with Crippen LogP contribution in [-0.2, 0) is 22.9 Å². The molecule has 0 unspecified atom stereocenters. The quantitative estimate of drug-likeness (QED) is 0.779. The molecule has 1 aromatic heterocycles. The van der Waals surface area contributed by atoms with Gasteiger partial charge < -0.3 is 9.88 Å². The summed E-state index contributed by atoms with van der Waals surface area (Å²) in [7, 11) is -0.977. The van der Waals surface area contributed by atoms with E-state index in [4.69, 9.17) is 0 Å². The van der Waals surface area contributed by atoms with Gasteiger partial charge in [0.25, 0.3) is 0 Å². The Morgan fingerprint density at radius 1 is 1.38 bits per heavy atom. The molecule has 1 rings (SSSR count). The van der Waals surface area contributed by atoms with Crippen molar-refractivity contribution in [3.63, 3.8) is 0 Å². The number of nitrogens with zero attached hydrogens (tertiary/aromatic N) is 1. The second-order valence-electron chi connectivity index (χ2n) is 3.94. The first-order valence-corrected chi connectivity index (χ1v) is 7.39. The first-order valence-electron chi connectivity index (χ1n) is 5.57. The van der Waals surface area contributed by atoms with Gasteiger partial charge in [-0.25, -0.2) is 8.42 Å². The van der Waals surface area contributed by atoms with Crippen LogP contribution in [0.15, 0.2) is 18.5 Å². The lowest BCUT2D eigenvalue weighted by Gasteiger charge is -2.04. The fourth-order valence-corrected chi connectivity index (χ4v) is 2.91. The molecule has 0 radical (unpaired) electrons. The summed E-state index contributed by atoms with van der Waals surface area (Å²) in [6.45, 7) is 3.25. The highest BCUT2D eigenvalue weighted by Crippen LogP contribution is 2.02. The summed E-state index contributed by atoms with van der Waals surface area (Å²) in [5, 5.41) is 3.06. The van der Waals surface area contributed by atoms with E-state index in [1.165, 1.54) is 5.56 Å². The van der Waals surface area contributed by atoms with E-state index in [0.29, 0.717) is 13.0 Å². The number of hydrogen-bond donors (Lipinski definition) is 1. The van der Waals surface area contributed by atoms with Crippen LogP contribution in [0.5, 0.6) is 0 Å². The van der Waals surface area contributed by atoms with Crippen LogP contribution in [-0.4, -0.2) is 31.5 Å². The Bertz CT molecular complexity index is 409. The van der Waals surface area contributed by atoms with Crippen molar-refractivity contribution in [1.82, 2.24) is 9.88 Å². The average Bonchev–Trinajstić information content (AvgIpc) is 2.64. The van der Waals surface area contributed by atoms with Crippen LogP contribution in [0.4, 0.5) is 0 Å². The summed E-state index contributed by atoms with van der Waals surface area (Å²) >= 11 is 0. The van der Waals surface area contributed by atoms with Crippen molar-refractivity contribution < 1.29 is 8.42 Å². The van der Waals surface area contributed by atoms with E-state index in [-0.39, 0.29) is 11.5 Å². The molecule has 1 N–H and O–H groups in total. The monoisotopic (exact) mass is 244 g/mol. The van der Waals surface area contributed by atoms with E-state index in [0.717, 1.165) is 6.54 Å². The summed E-state index contributed by atoms with van der Waals surface area (Å²) in [4.78, 5) is 0. The van der Waals surface area contributed by atoms with Crippen molar-refractivity contribution in [3.05, 3.63) is 24.0 Å². The third-order valence-electron chi connectivity index (χ3n) is 2.37. The van der Waals surface area contributed by atoms with Crippen molar-refractivity contribution >= 4 is 9.84 Å². The van der Waals surface area contributed by atoms with Crippen LogP contribution in [0.25, 0.3) is 0 Å². The molecular formula is C11H20N2O2S. The minimum Gasteiger partial charge on any atom is -0.353 e. The van der Waals surface area contributed by atoms with E-state index in [1.807, 2.05) is 37.0 Å². The lowest BCUT2D eigenvalue weighted by atomic mass is 10.3. The van der Waals surface area contributed by atoms with Crippen molar-refractivity contribution in [2.45, 2.75) is 26.4 Å². The van der Waals surface area contributed by atoms with Crippen LogP contribution in [0.1, 0.15) is 18.9 Å². The van der Waals surface area contributed by atoms with E-state index >= 15 is 0 Å². The smallest absolute Gasteiger partial charge is 0.152 e. The Kier molecular flexibility index (Phi) is 5.02. The van der Waals surface area contributed by atoms with Gasteiger partial charge >= 0.3 is 0 Å². The van der Waals surface area contributed by atoms with Crippen LogP contribution in [0.3, 0.4) is 0 Å². The lowest BCUT2D eigenvalue weighted by molar-refractivity contribution is 0.587. The van der Waals surface area contributed by atoms with Gasteiger partial charge in [-0.3, -0.25) is 0 Å². The van der Waals surface area contributed by atoms with Crippen LogP contribution >= 0.6 is 0 Å². The number of hydrogen-bond acceptors (Lipinski definition) is 3. The molecule has 0 aromatic carbocycles. The minimum atomic E-state index is -2.87. The number of aromatic nitrogens is 1. The van der Waals surface area contributed by atoms with Crippen molar-refractivity contribution in [3.8, 4) is 0 Å². The summed E-state index contributed by atoms with van der Waals surface area (Å²) in [6, 6.07) is 2.00. The highest BCUT2D eigenvalue weighted by Gasteiger charge is 2.09. The first kappa shape index (κ1) is 13.3. The normalized spacial score (nSPS) is 11.9. The van der Waals surface area contributed by atoms with Gasteiger partial charge in [0.15, 0.2) is 9.84 Å². The predicted molar refractivity (Wildman–Crippen MR) is 66.1 cm³/mol. The summed E-state index contributed by atoms with van der Waals surface area (Å²) in [5.41, 5.74) is 1.18. The Morgan fingerprint density at radius 3 is 2.75 bits per heavy atom. The maximum absolute atomic E-state index is 11.5. The van der Waals surface area contributed by atoms with Crippen LogP contribution < -0.4 is 5.32 Å². The fraction of sp³-hybridized carbons (Fsp3) is 0.636. The Hall–Kier alpha value is -0.810. The predicted octanol–water partition coefficient (Wildman–Crippen LogP) is 1.03. The number of sulfone groups is 1. The molecule has 0 aliphatic heterocycles. The van der Waals surface area contributed by atoms with E-state index < -0.39 is 9.84 Å². The standard InChI is InChI=1S/C11H20N2O2S/c1-3-7-16(14,15)8-6-13-5-4-11(10-13)9-12-2/h4-5,10,12H,3,6-9H2,1-2H3. The van der Waals surface area contributed by atoms with Gasteiger partial charge in [0.05, 0.1) is 5.75 Å². The zero-order chi connectivity index (χ0) is 12.0. The van der Waals surface area contributed by atoms with Crippen molar-refractivity contribution in [2.75, 3.05) is 18.6 Å². The third-order valence-corrected chi connectivity index (χ3v) is 4.20. The largest absolute Gasteiger partial charge is 0.353 e. The second kappa shape index (κ2) is 6.06. The van der Waals surface area contributed by atoms with Gasteiger partial charge in [0.2, 0.25) is 0 Å². The van der Waals surface area contributed by atoms with Crippen LogP contribution in [0.2, 0.25) is 0 Å². The van der Waals surface area contributed by atoms with Gasteiger partial charge in [0.1, 0.15) is 0 Å². The zero-order valence-corrected chi connectivity index (χ0v) is 10.8. The summed E-state index contributed by atoms with van der Waals surface area (Å²) in [6.07, 6.45) is 4.60. The molecule has 16 heavy (non-hydrogen) atoms. The molecule has 0 fully saturated rings. The van der Waals surface area contributed by atoms with Gasteiger partial charge in [0, 0.05) is 31.2 Å².